The zero-order valence-corrected chi connectivity index (χ0v) is 24.5. The standard InChI is InChI=1S/C31H31B2N3O9/c1-16-4-6-17(7-5-16)26(13-28(37)38)35-30(40)27-3-2-8-36(27)31(41)22-12-24-19(14-44-32(24)42)10-20(22)21-9-18(29(34)39)11-25-23(21)15-45-33(25)43/h4-7,9-12,26-27,42-43H,2-3,8,13-15H2,1H3,(H2,34,39)(H,35,40)(H,37,38)/t26-,27-/m0/s1. The van der Waals surface area contributed by atoms with E-state index in [-0.39, 0.29) is 37.3 Å². The number of benzene rings is 3. The smallest absolute Gasteiger partial charge is 0.481 e. The average molecular weight is 611 g/mol. The van der Waals surface area contributed by atoms with Gasteiger partial charge in [-0.05, 0) is 82.8 Å². The fraction of sp³-hybridized carbons (Fsp3) is 0.290. The number of hydrogen-bond donors (Lipinski definition) is 5. The summed E-state index contributed by atoms with van der Waals surface area (Å²) in [4.78, 5) is 53.4. The third-order valence-corrected chi connectivity index (χ3v) is 8.67. The minimum atomic E-state index is -1.28. The molecule has 0 spiro atoms. The molecule has 0 bridgehead atoms. The summed E-state index contributed by atoms with van der Waals surface area (Å²) in [6.45, 7) is 2.28. The molecule has 0 aromatic heterocycles. The second-order valence-electron chi connectivity index (χ2n) is 11.6. The largest absolute Gasteiger partial charge is 0.491 e. The van der Waals surface area contributed by atoms with E-state index in [1.807, 2.05) is 19.1 Å². The lowest BCUT2D eigenvalue weighted by Gasteiger charge is -2.28. The van der Waals surface area contributed by atoms with Crippen molar-refractivity contribution in [3.63, 3.8) is 0 Å². The molecule has 0 unspecified atom stereocenters. The predicted octanol–water partition coefficient (Wildman–Crippen LogP) is 0.133. The van der Waals surface area contributed by atoms with E-state index in [1.165, 1.54) is 17.0 Å². The number of carbonyl (C=O) groups excluding carboxylic acids is 3. The molecule has 3 aliphatic rings. The van der Waals surface area contributed by atoms with E-state index in [9.17, 15) is 34.3 Å². The summed E-state index contributed by atoms with van der Waals surface area (Å²) >= 11 is 0. The highest BCUT2D eigenvalue weighted by molar-refractivity contribution is 6.62. The molecule has 1 fully saturated rings. The molecule has 45 heavy (non-hydrogen) atoms. The van der Waals surface area contributed by atoms with Crippen molar-refractivity contribution >= 4 is 48.9 Å². The van der Waals surface area contributed by atoms with Gasteiger partial charge < -0.3 is 40.4 Å². The summed E-state index contributed by atoms with van der Waals surface area (Å²) in [5, 5.41) is 33.3. The number of aryl methyl sites for hydroxylation is 1. The lowest BCUT2D eigenvalue weighted by atomic mass is 9.74. The van der Waals surface area contributed by atoms with Crippen LogP contribution in [0, 0.1) is 6.92 Å². The molecular weight excluding hydrogens is 580 g/mol. The second-order valence-corrected chi connectivity index (χ2v) is 11.6. The topological polar surface area (TPSA) is 189 Å². The van der Waals surface area contributed by atoms with Crippen molar-refractivity contribution in [2.24, 2.45) is 5.73 Å². The summed E-state index contributed by atoms with van der Waals surface area (Å²) in [5.41, 5.74) is 10.3. The molecule has 14 heteroatoms. The van der Waals surface area contributed by atoms with Gasteiger partial charge in [-0.2, -0.15) is 0 Å². The van der Waals surface area contributed by atoms with Gasteiger partial charge in [-0.1, -0.05) is 29.8 Å². The van der Waals surface area contributed by atoms with Crippen LogP contribution in [0.1, 0.15) is 68.3 Å². The molecular formula is C31H31B2N3O9. The number of carbonyl (C=O) groups is 4. The average Bonchev–Trinajstić information content (AvgIpc) is 3.74. The summed E-state index contributed by atoms with van der Waals surface area (Å²) in [6, 6.07) is 11.8. The van der Waals surface area contributed by atoms with Gasteiger partial charge in [-0.25, -0.2) is 0 Å². The highest BCUT2D eigenvalue weighted by atomic mass is 16.5. The van der Waals surface area contributed by atoms with E-state index in [2.05, 4.69) is 5.32 Å². The molecule has 3 aromatic rings. The molecule has 3 amide bonds. The SMILES string of the molecule is Cc1ccc([C@H](CC(=O)O)NC(=O)[C@@H]2CCCN2C(=O)c2cc3c(cc2-c2cc(C(N)=O)cc4c2COB4O)COB3O)cc1. The summed E-state index contributed by atoms with van der Waals surface area (Å²) in [6.07, 6.45) is 0.567. The fourth-order valence-electron chi connectivity index (χ4n) is 6.32. The molecule has 1 saturated heterocycles. The minimum absolute atomic E-state index is 0.0213. The van der Waals surface area contributed by atoms with Crippen molar-refractivity contribution in [1.29, 1.82) is 0 Å². The van der Waals surface area contributed by atoms with E-state index in [4.69, 9.17) is 15.0 Å². The van der Waals surface area contributed by atoms with Crippen LogP contribution in [0.5, 0.6) is 0 Å². The number of amides is 3. The number of hydrogen-bond acceptors (Lipinski definition) is 8. The zero-order chi connectivity index (χ0) is 32.0. The normalized spacial score (nSPS) is 17.7. The third-order valence-electron chi connectivity index (χ3n) is 8.67. The number of carboxylic acids is 1. The number of aliphatic carboxylic acids is 1. The quantitative estimate of drug-likeness (QED) is 0.221. The number of rotatable bonds is 8. The lowest BCUT2D eigenvalue weighted by Crippen LogP contribution is -2.47. The summed E-state index contributed by atoms with van der Waals surface area (Å²) in [7, 11) is -2.53. The Balaban J connectivity index is 1.38. The van der Waals surface area contributed by atoms with Gasteiger partial charge >= 0.3 is 20.2 Å². The summed E-state index contributed by atoms with van der Waals surface area (Å²) < 4.78 is 10.8. The highest BCUT2D eigenvalue weighted by Crippen LogP contribution is 2.34. The van der Waals surface area contributed by atoms with Crippen molar-refractivity contribution in [3.05, 3.63) is 81.9 Å². The van der Waals surface area contributed by atoms with Gasteiger partial charge in [0.25, 0.3) is 5.91 Å². The molecule has 0 aliphatic carbocycles. The van der Waals surface area contributed by atoms with E-state index >= 15 is 0 Å². The van der Waals surface area contributed by atoms with Crippen molar-refractivity contribution in [2.75, 3.05) is 6.54 Å². The molecule has 0 radical (unpaired) electrons. The van der Waals surface area contributed by atoms with Crippen LogP contribution in [0.25, 0.3) is 11.1 Å². The number of carboxylic acid groups (broad SMARTS) is 1. The number of fused-ring (bicyclic) bond motifs is 2. The second kappa shape index (κ2) is 12.1. The monoisotopic (exact) mass is 611 g/mol. The first-order valence-electron chi connectivity index (χ1n) is 14.6. The van der Waals surface area contributed by atoms with Crippen LogP contribution in [-0.2, 0) is 32.1 Å². The first kappa shape index (κ1) is 30.5. The Kier molecular flexibility index (Phi) is 8.23. The van der Waals surface area contributed by atoms with Gasteiger partial charge in [0, 0.05) is 17.7 Å². The van der Waals surface area contributed by atoms with Crippen LogP contribution < -0.4 is 22.0 Å². The van der Waals surface area contributed by atoms with Gasteiger partial charge in [0.1, 0.15) is 6.04 Å². The molecule has 6 rings (SSSR count). The maximum absolute atomic E-state index is 14.4. The van der Waals surface area contributed by atoms with E-state index < -0.39 is 50.0 Å². The molecule has 2 atom stereocenters. The molecule has 3 heterocycles. The van der Waals surface area contributed by atoms with Crippen molar-refractivity contribution in [2.45, 2.75) is 51.5 Å². The van der Waals surface area contributed by atoms with Crippen LogP contribution in [0.15, 0.2) is 48.5 Å². The minimum Gasteiger partial charge on any atom is -0.481 e. The number of likely N-dealkylation sites (tertiary alicyclic amines) is 1. The van der Waals surface area contributed by atoms with Crippen molar-refractivity contribution in [3.8, 4) is 11.1 Å². The predicted molar refractivity (Wildman–Crippen MR) is 164 cm³/mol. The highest BCUT2D eigenvalue weighted by Gasteiger charge is 2.39. The van der Waals surface area contributed by atoms with Gasteiger partial charge in [-0.15, -0.1) is 0 Å². The van der Waals surface area contributed by atoms with Crippen molar-refractivity contribution in [1.82, 2.24) is 10.2 Å². The van der Waals surface area contributed by atoms with Crippen LogP contribution >= 0.6 is 0 Å². The Morgan fingerprint density at radius 2 is 1.71 bits per heavy atom. The van der Waals surface area contributed by atoms with Gasteiger partial charge in [-0.3, -0.25) is 19.2 Å². The Labute approximate surface area is 259 Å². The van der Waals surface area contributed by atoms with Crippen molar-refractivity contribution < 1.29 is 43.6 Å². The maximum Gasteiger partial charge on any atom is 0.491 e. The zero-order valence-electron chi connectivity index (χ0n) is 24.5. The summed E-state index contributed by atoms with van der Waals surface area (Å²) in [5.74, 6) is -2.78. The van der Waals surface area contributed by atoms with Crippen LogP contribution in [0.4, 0.5) is 0 Å². The first-order chi connectivity index (χ1) is 21.5. The van der Waals surface area contributed by atoms with Gasteiger partial charge in [0.2, 0.25) is 11.8 Å². The van der Waals surface area contributed by atoms with Crippen LogP contribution in [0.2, 0.25) is 0 Å². The van der Waals surface area contributed by atoms with E-state index in [1.54, 1.807) is 24.3 Å². The van der Waals surface area contributed by atoms with Crippen LogP contribution in [0.3, 0.4) is 0 Å². The van der Waals surface area contributed by atoms with Crippen LogP contribution in [-0.4, -0.2) is 70.6 Å². The van der Waals surface area contributed by atoms with E-state index in [0.29, 0.717) is 51.6 Å². The first-order valence-corrected chi connectivity index (χ1v) is 14.6. The number of nitrogens with zero attached hydrogens (tertiary/aromatic N) is 1. The number of nitrogens with one attached hydrogen (secondary N) is 1. The molecule has 12 nitrogen and oxygen atoms in total. The molecule has 0 saturated carbocycles. The molecule has 6 N–H and O–H groups in total. The Morgan fingerprint density at radius 3 is 2.42 bits per heavy atom. The molecule has 3 aromatic carbocycles. The molecule has 230 valence electrons. The Bertz CT molecular complexity index is 1720. The molecule has 3 aliphatic heterocycles. The number of primary amides is 1. The van der Waals surface area contributed by atoms with E-state index in [0.717, 1.165) is 5.56 Å². The number of nitrogens with two attached hydrogens (primary N) is 1. The fourth-order valence-corrected chi connectivity index (χ4v) is 6.32. The Hall–Kier alpha value is -4.49. The maximum atomic E-state index is 14.4. The Morgan fingerprint density at radius 1 is 1.00 bits per heavy atom. The lowest BCUT2D eigenvalue weighted by molar-refractivity contribution is -0.138. The van der Waals surface area contributed by atoms with Gasteiger partial charge in [0.05, 0.1) is 25.7 Å². The van der Waals surface area contributed by atoms with Gasteiger partial charge in [0.15, 0.2) is 0 Å². The third kappa shape index (κ3) is 5.85.